The van der Waals surface area contributed by atoms with Crippen molar-refractivity contribution in [3.63, 3.8) is 0 Å². The lowest BCUT2D eigenvalue weighted by atomic mass is 10.1. The molecule has 0 saturated heterocycles. The average molecular weight is 297 g/mol. The highest BCUT2D eigenvalue weighted by Crippen LogP contribution is 2.09. The minimum atomic E-state index is -0.167. The third-order valence-electron chi connectivity index (χ3n) is 2.80. The molecule has 0 amide bonds. The van der Waals surface area contributed by atoms with Gasteiger partial charge in [0, 0.05) is 13.1 Å². The third-order valence-corrected chi connectivity index (χ3v) is 3.50. The summed E-state index contributed by atoms with van der Waals surface area (Å²) in [7, 11) is 0. The average Bonchev–Trinajstić information content (AvgIpc) is 2.44. The minimum Gasteiger partial charge on any atom is -0.357 e. The Morgan fingerprint density at radius 1 is 1.35 bits per heavy atom. The van der Waals surface area contributed by atoms with Crippen LogP contribution in [0.15, 0.2) is 23.2 Å². The number of nitrogens with zero attached hydrogens (tertiary/aromatic N) is 1. The van der Waals surface area contributed by atoms with Crippen LogP contribution in [0.2, 0.25) is 0 Å². The number of nitrogens with one attached hydrogen (secondary N) is 2. The number of hydrogen-bond acceptors (Lipinski definition) is 2. The molecule has 0 spiro atoms. The molecule has 2 N–H and O–H groups in total. The number of thioether (sulfide) groups is 1. The first-order valence-corrected chi connectivity index (χ1v) is 8.33. The van der Waals surface area contributed by atoms with Gasteiger partial charge in [0.2, 0.25) is 0 Å². The maximum atomic E-state index is 13.2. The van der Waals surface area contributed by atoms with Gasteiger partial charge in [-0.2, -0.15) is 11.8 Å². The van der Waals surface area contributed by atoms with E-state index in [1.54, 1.807) is 13.0 Å². The van der Waals surface area contributed by atoms with Gasteiger partial charge in [0.15, 0.2) is 5.96 Å². The summed E-state index contributed by atoms with van der Waals surface area (Å²) in [4.78, 5) is 4.52. The quantitative estimate of drug-likeness (QED) is 0.461. The first-order chi connectivity index (χ1) is 9.67. The molecule has 0 bridgehead atoms. The van der Waals surface area contributed by atoms with E-state index in [0.717, 1.165) is 36.8 Å². The van der Waals surface area contributed by atoms with E-state index in [2.05, 4.69) is 21.9 Å². The van der Waals surface area contributed by atoms with E-state index in [1.165, 1.54) is 6.07 Å². The van der Waals surface area contributed by atoms with E-state index in [1.807, 2.05) is 24.8 Å². The zero-order valence-electron chi connectivity index (χ0n) is 12.5. The number of benzene rings is 1. The van der Waals surface area contributed by atoms with Crippen molar-refractivity contribution in [3.05, 3.63) is 35.1 Å². The van der Waals surface area contributed by atoms with E-state index in [4.69, 9.17) is 0 Å². The summed E-state index contributed by atoms with van der Waals surface area (Å²) in [6.07, 6.45) is 3.22. The minimum absolute atomic E-state index is 0.167. The highest BCUT2D eigenvalue weighted by atomic mass is 32.2. The molecular formula is C15H24FN3S. The fraction of sp³-hybridized carbons (Fsp3) is 0.533. The number of hydrogen-bond donors (Lipinski definition) is 2. The number of aliphatic imine (C=N–C) groups is 1. The third kappa shape index (κ3) is 6.28. The van der Waals surface area contributed by atoms with E-state index in [9.17, 15) is 4.39 Å². The molecule has 5 heteroatoms. The summed E-state index contributed by atoms with van der Waals surface area (Å²) >= 11 is 1.84. The Kier molecular flexibility index (Phi) is 8.11. The Morgan fingerprint density at radius 2 is 2.15 bits per heavy atom. The first kappa shape index (κ1) is 16.8. The molecule has 0 heterocycles. The predicted octanol–water partition coefficient (Wildman–Crippen LogP) is 2.94. The number of rotatable bonds is 7. The molecule has 0 fully saturated rings. The van der Waals surface area contributed by atoms with Crippen molar-refractivity contribution < 1.29 is 4.39 Å². The van der Waals surface area contributed by atoms with Crippen molar-refractivity contribution in [1.82, 2.24) is 10.6 Å². The first-order valence-electron chi connectivity index (χ1n) is 6.93. The van der Waals surface area contributed by atoms with Gasteiger partial charge in [-0.1, -0.05) is 12.1 Å². The molecule has 0 aliphatic heterocycles. The molecular weight excluding hydrogens is 273 g/mol. The molecule has 0 unspecified atom stereocenters. The van der Waals surface area contributed by atoms with Crippen LogP contribution in [0.4, 0.5) is 4.39 Å². The lowest BCUT2D eigenvalue weighted by Crippen LogP contribution is -2.37. The maximum Gasteiger partial charge on any atom is 0.191 e. The lowest BCUT2D eigenvalue weighted by molar-refractivity contribution is 0.617. The molecule has 20 heavy (non-hydrogen) atoms. The smallest absolute Gasteiger partial charge is 0.191 e. The Balaban J connectivity index is 2.54. The van der Waals surface area contributed by atoms with Crippen molar-refractivity contribution >= 4 is 17.7 Å². The Bertz CT molecular complexity index is 435. The molecule has 1 aromatic carbocycles. The van der Waals surface area contributed by atoms with Gasteiger partial charge in [-0.3, -0.25) is 0 Å². The van der Waals surface area contributed by atoms with Gasteiger partial charge in [0.25, 0.3) is 0 Å². The van der Waals surface area contributed by atoms with Crippen molar-refractivity contribution in [1.29, 1.82) is 0 Å². The van der Waals surface area contributed by atoms with Gasteiger partial charge < -0.3 is 10.6 Å². The van der Waals surface area contributed by atoms with Crippen LogP contribution in [0.25, 0.3) is 0 Å². The molecule has 112 valence electrons. The number of aryl methyl sites for hydroxylation is 1. The molecule has 1 aromatic rings. The molecule has 0 saturated carbocycles. The largest absolute Gasteiger partial charge is 0.357 e. The van der Waals surface area contributed by atoms with Gasteiger partial charge in [-0.05, 0) is 49.5 Å². The predicted molar refractivity (Wildman–Crippen MR) is 87.0 cm³/mol. The van der Waals surface area contributed by atoms with E-state index in [0.29, 0.717) is 12.1 Å². The van der Waals surface area contributed by atoms with Crippen LogP contribution in [0, 0.1) is 12.7 Å². The molecule has 3 nitrogen and oxygen atoms in total. The van der Waals surface area contributed by atoms with Crippen LogP contribution >= 0.6 is 11.8 Å². The molecule has 0 aliphatic carbocycles. The standard InChI is InChI=1S/C15H24FN3S/c1-4-17-15(18-8-5-9-20-3)19-11-13-6-7-14(16)12(2)10-13/h6-7,10H,4-5,8-9,11H2,1-3H3,(H2,17,18,19). The lowest BCUT2D eigenvalue weighted by Gasteiger charge is -2.11. The summed E-state index contributed by atoms with van der Waals surface area (Å²) in [6, 6.07) is 5.12. The normalized spacial score (nSPS) is 11.5. The Morgan fingerprint density at radius 3 is 2.80 bits per heavy atom. The second-order valence-corrected chi connectivity index (χ2v) is 5.54. The van der Waals surface area contributed by atoms with Crippen LogP contribution in [0.5, 0.6) is 0 Å². The van der Waals surface area contributed by atoms with Crippen LogP contribution in [-0.2, 0) is 6.54 Å². The van der Waals surface area contributed by atoms with E-state index >= 15 is 0 Å². The summed E-state index contributed by atoms with van der Waals surface area (Å²) in [5, 5.41) is 6.52. The monoisotopic (exact) mass is 297 g/mol. The zero-order chi connectivity index (χ0) is 14.8. The summed E-state index contributed by atoms with van der Waals surface area (Å²) in [5.74, 6) is 1.79. The summed E-state index contributed by atoms with van der Waals surface area (Å²) in [6.45, 7) is 6.11. The van der Waals surface area contributed by atoms with Gasteiger partial charge in [-0.15, -0.1) is 0 Å². The fourth-order valence-electron chi connectivity index (χ4n) is 1.74. The maximum absolute atomic E-state index is 13.2. The van der Waals surface area contributed by atoms with E-state index in [-0.39, 0.29) is 5.82 Å². The van der Waals surface area contributed by atoms with Gasteiger partial charge >= 0.3 is 0 Å². The molecule has 0 aromatic heterocycles. The Hall–Kier alpha value is -1.23. The van der Waals surface area contributed by atoms with Crippen molar-refractivity contribution in [3.8, 4) is 0 Å². The second-order valence-electron chi connectivity index (χ2n) is 4.55. The fourth-order valence-corrected chi connectivity index (χ4v) is 2.17. The summed E-state index contributed by atoms with van der Waals surface area (Å²) in [5.41, 5.74) is 1.68. The molecule has 0 radical (unpaired) electrons. The summed E-state index contributed by atoms with van der Waals surface area (Å²) < 4.78 is 13.2. The molecule has 0 aliphatic rings. The van der Waals surface area contributed by atoms with Gasteiger partial charge in [-0.25, -0.2) is 9.38 Å². The van der Waals surface area contributed by atoms with Crippen LogP contribution in [-0.4, -0.2) is 31.1 Å². The SMILES string of the molecule is CCNC(=NCc1ccc(F)c(C)c1)NCCCSC. The van der Waals surface area contributed by atoms with Crippen LogP contribution < -0.4 is 10.6 Å². The number of guanidine groups is 1. The van der Waals surface area contributed by atoms with E-state index < -0.39 is 0 Å². The zero-order valence-corrected chi connectivity index (χ0v) is 13.3. The molecule has 0 atom stereocenters. The van der Waals surface area contributed by atoms with Crippen molar-refractivity contribution in [2.75, 3.05) is 25.1 Å². The topological polar surface area (TPSA) is 36.4 Å². The van der Waals surface area contributed by atoms with Crippen molar-refractivity contribution in [2.24, 2.45) is 4.99 Å². The highest BCUT2D eigenvalue weighted by Gasteiger charge is 2.00. The van der Waals surface area contributed by atoms with Crippen LogP contribution in [0.3, 0.4) is 0 Å². The van der Waals surface area contributed by atoms with Gasteiger partial charge in [0.05, 0.1) is 6.54 Å². The highest BCUT2D eigenvalue weighted by molar-refractivity contribution is 7.98. The number of halogens is 1. The van der Waals surface area contributed by atoms with Gasteiger partial charge in [0.1, 0.15) is 5.82 Å². The molecule has 1 rings (SSSR count). The Labute approximate surface area is 125 Å². The van der Waals surface area contributed by atoms with Crippen molar-refractivity contribution in [2.45, 2.75) is 26.8 Å². The van der Waals surface area contributed by atoms with Crippen LogP contribution in [0.1, 0.15) is 24.5 Å². The second kappa shape index (κ2) is 9.64.